The number of methoxy groups -OCH3 is 1. The summed E-state index contributed by atoms with van der Waals surface area (Å²) in [5, 5.41) is 11.5. The number of ether oxygens (including phenoxy) is 1. The topological polar surface area (TPSA) is 86.5 Å². The van der Waals surface area contributed by atoms with Crippen molar-refractivity contribution in [1.29, 1.82) is 0 Å². The first kappa shape index (κ1) is 19.2. The standard InChI is InChI=1S/C20H18BrNO5/c1-12-7-8-13-10-20(19(24)27-2,18(23)15(13)9-12)16(11-22(25)26)14-5-3-4-6-17(14)21/h3-9,16H,10-11H2,1-2H3/t16-,20+/m1/s1. The van der Waals surface area contributed by atoms with Crippen molar-refractivity contribution in [1.82, 2.24) is 0 Å². The zero-order valence-corrected chi connectivity index (χ0v) is 16.5. The first-order valence-electron chi connectivity index (χ1n) is 8.40. The van der Waals surface area contributed by atoms with Crippen LogP contribution in [0.2, 0.25) is 0 Å². The van der Waals surface area contributed by atoms with E-state index >= 15 is 0 Å². The highest BCUT2D eigenvalue weighted by molar-refractivity contribution is 9.10. The first-order chi connectivity index (χ1) is 12.8. The average Bonchev–Trinajstić information content (AvgIpc) is 2.93. The Kier molecular flexibility index (Phi) is 5.15. The number of nitro groups is 1. The molecule has 0 bridgehead atoms. The number of halogens is 1. The quantitative estimate of drug-likeness (QED) is 0.311. The summed E-state index contributed by atoms with van der Waals surface area (Å²) in [6.45, 7) is 1.30. The fourth-order valence-electron chi connectivity index (χ4n) is 3.87. The van der Waals surface area contributed by atoms with E-state index in [0.29, 0.717) is 21.2 Å². The van der Waals surface area contributed by atoms with Gasteiger partial charge < -0.3 is 4.74 Å². The molecule has 27 heavy (non-hydrogen) atoms. The molecule has 0 N–H and O–H groups in total. The summed E-state index contributed by atoms with van der Waals surface area (Å²) < 4.78 is 5.61. The maximum atomic E-state index is 13.4. The van der Waals surface area contributed by atoms with Gasteiger partial charge in [0.05, 0.1) is 13.0 Å². The molecular formula is C20H18BrNO5. The summed E-state index contributed by atoms with van der Waals surface area (Å²) in [6, 6.07) is 12.3. The molecule has 0 unspecified atom stereocenters. The van der Waals surface area contributed by atoms with Crippen LogP contribution in [0.3, 0.4) is 0 Å². The number of hydrogen-bond acceptors (Lipinski definition) is 5. The van der Waals surface area contributed by atoms with E-state index in [-0.39, 0.29) is 6.42 Å². The second-order valence-electron chi connectivity index (χ2n) is 6.72. The maximum Gasteiger partial charge on any atom is 0.320 e. The Hall–Kier alpha value is -2.54. The summed E-state index contributed by atoms with van der Waals surface area (Å²) >= 11 is 3.41. The summed E-state index contributed by atoms with van der Waals surface area (Å²) in [5.41, 5.74) is 0.895. The summed E-state index contributed by atoms with van der Waals surface area (Å²) in [4.78, 5) is 37.3. The van der Waals surface area contributed by atoms with Crippen LogP contribution >= 0.6 is 15.9 Å². The molecule has 0 amide bonds. The van der Waals surface area contributed by atoms with Gasteiger partial charge in [-0.05, 0) is 36.6 Å². The number of hydrogen-bond donors (Lipinski definition) is 0. The predicted molar refractivity (Wildman–Crippen MR) is 102 cm³/mol. The molecule has 0 aromatic heterocycles. The summed E-state index contributed by atoms with van der Waals surface area (Å²) in [7, 11) is 1.20. The smallest absolute Gasteiger partial charge is 0.320 e. The van der Waals surface area contributed by atoms with Gasteiger partial charge in [0.15, 0.2) is 5.78 Å². The number of Topliss-reactive ketones (excluding diaryl/α,β-unsaturated/α-hetero) is 1. The van der Waals surface area contributed by atoms with Gasteiger partial charge in [-0.2, -0.15) is 0 Å². The molecule has 2 atom stereocenters. The van der Waals surface area contributed by atoms with Crippen LogP contribution < -0.4 is 0 Å². The Morgan fingerprint density at radius 2 is 2.04 bits per heavy atom. The number of rotatable bonds is 5. The second-order valence-corrected chi connectivity index (χ2v) is 7.57. The number of carbonyl (C=O) groups is 2. The number of aryl methyl sites for hydroxylation is 1. The molecule has 2 aromatic rings. The minimum atomic E-state index is -1.66. The normalized spacial score (nSPS) is 19.4. The summed E-state index contributed by atoms with van der Waals surface area (Å²) in [5.74, 6) is -2.13. The van der Waals surface area contributed by atoms with Gasteiger partial charge >= 0.3 is 5.97 Å². The molecule has 2 aromatic carbocycles. The molecular weight excluding hydrogens is 414 g/mol. The lowest BCUT2D eigenvalue weighted by atomic mass is 9.69. The predicted octanol–water partition coefficient (Wildman–Crippen LogP) is 3.72. The molecule has 1 aliphatic carbocycles. The van der Waals surface area contributed by atoms with Crippen molar-refractivity contribution in [2.45, 2.75) is 19.3 Å². The van der Waals surface area contributed by atoms with E-state index in [9.17, 15) is 19.7 Å². The van der Waals surface area contributed by atoms with Gasteiger partial charge in [0.25, 0.3) is 0 Å². The molecule has 1 aliphatic rings. The van der Waals surface area contributed by atoms with Crippen LogP contribution in [-0.4, -0.2) is 30.3 Å². The number of ketones is 1. The molecule has 3 rings (SSSR count). The van der Waals surface area contributed by atoms with E-state index in [1.807, 2.05) is 13.0 Å². The number of esters is 1. The lowest BCUT2D eigenvalue weighted by Gasteiger charge is -2.32. The van der Waals surface area contributed by atoms with Crippen molar-refractivity contribution in [2.75, 3.05) is 13.7 Å². The van der Waals surface area contributed by atoms with Crippen LogP contribution in [0.25, 0.3) is 0 Å². The Morgan fingerprint density at radius 3 is 2.67 bits per heavy atom. The van der Waals surface area contributed by atoms with E-state index in [1.54, 1.807) is 36.4 Å². The van der Waals surface area contributed by atoms with Crippen LogP contribution in [0.5, 0.6) is 0 Å². The van der Waals surface area contributed by atoms with Crippen molar-refractivity contribution in [3.8, 4) is 0 Å². The molecule has 140 valence electrons. The van der Waals surface area contributed by atoms with Crippen LogP contribution in [0.15, 0.2) is 46.9 Å². The van der Waals surface area contributed by atoms with Crippen LogP contribution in [0, 0.1) is 22.5 Å². The second kappa shape index (κ2) is 7.23. The zero-order valence-electron chi connectivity index (χ0n) is 14.9. The number of carbonyl (C=O) groups excluding carboxylic acids is 2. The molecule has 6 nitrogen and oxygen atoms in total. The van der Waals surface area contributed by atoms with Crippen molar-refractivity contribution >= 4 is 27.7 Å². The molecule has 0 fully saturated rings. The third-order valence-corrected chi connectivity index (χ3v) is 5.86. The molecule has 7 heteroatoms. The van der Waals surface area contributed by atoms with Gasteiger partial charge in [0, 0.05) is 15.0 Å². The first-order valence-corrected chi connectivity index (χ1v) is 9.19. The van der Waals surface area contributed by atoms with E-state index in [0.717, 1.165) is 5.56 Å². The van der Waals surface area contributed by atoms with Crippen molar-refractivity contribution in [3.05, 3.63) is 79.3 Å². The number of nitrogens with zero attached hydrogens (tertiary/aromatic N) is 1. The number of fused-ring (bicyclic) bond motifs is 1. The van der Waals surface area contributed by atoms with Crippen molar-refractivity contribution in [3.63, 3.8) is 0 Å². The average molecular weight is 432 g/mol. The molecule has 0 saturated heterocycles. The summed E-state index contributed by atoms with van der Waals surface area (Å²) in [6.07, 6.45) is 0.0773. The zero-order chi connectivity index (χ0) is 19.8. The van der Waals surface area contributed by atoms with Crippen molar-refractivity contribution in [2.24, 2.45) is 5.41 Å². The third-order valence-electron chi connectivity index (χ3n) is 5.14. The van der Waals surface area contributed by atoms with Crippen molar-refractivity contribution < 1.29 is 19.2 Å². The highest BCUT2D eigenvalue weighted by atomic mass is 79.9. The highest BCUT2D eigenvalue weighted by Crippen LogP contribution is 2.49. The minimum absolute atomic E-state index is 0.0773. The lowest BCUT2D eigenvalue weighted by Crippen LogP contribution is -2.46. The maximum absolute atomic E-state index is 13.4. The molecule has 0 aliphatic heterocycles. The van der Waals surface area contributed by atoms with Crippen LogP contribution in [0.4, 0.5) is 0 Å². The molecule has 0 spiro atoms. The van der Waals surface area contributed by atoms with Gasteiger partial charge in [-0.25, -0.2) is 0 Å². The monoisotopic (exact) mass is 431 g/mol. The fraction of sp³-hybridized carbons (Fsp3) is 0.300. The largest absolute Gasteiger partial charge is 0.468 e. The van der Waals surface area contributed by atoms with Gasteiger partial charge in [0.1, 0.15) is 5.41 Å². The Balaban J connectivity index is 2.24. The Bertz CT molecular complexity index is 942. The van der Waals surface area contributed by atoms with Crippen LogP contribution in [0.1, 0.15) is 33.0 Å². The van der Waals surface area contributed by atoms with E-state index in [2.05, 4.69) is 15.9 Å². The minimum Gasteiger partial charge on any atom is -0.468 e. The molecule has 0 heterocycles. The molecule has 0 saturated carbocycles. The number of benzene rings is 2. The SMILES string of the molecule is COC(=O)[C@]1([C@H](C[N+](=O)[O-])c2ccccc2Br)Cc2ccc(C)cc2C1=O. The van der Waals surface area contributed by atoms with E-state index in [4.69, 9.17) is 4.74 Å². The fourth-order valence-corrected chi connectivity index (χ4v) is 4.44. The van der Waals surface area contributed by atoms with Gasteiger partial charge in [0.2, 0.25) is 6.54 Å². The molecule has 0 radical (unpaired) electrons. The Labute approximate surface area is 164 Å². The van der Waals surface area contributed by atoms with Gasteiger partial charge in [-0.1, -0.05) is 51.8 Å². The third kappa shape index (κ3) is 3.16. The van der Waals surface area contributed by atoms with Gasteiger partial charge in [-0.3, -0.25) is 19.7 Å². The highest BCUT2D eigenvalue weighted by Gasteiger charge is 2.59. The van der Waals surface area contributed by atoms with Gasteiger partial charge in [-0.15, -0.1) is 0 Å². The van der Waals surface area contributed by atoms with Crippen LogP contribution in [-0.2, 0) is 16.0 Å². The Morgan fingerprint density at radius 1 is 1.33 bits per heavy atom. The van der Waals surface area contributed by atoms with E-state index in [1.165, 1.54) is 7.11 Å². The van der Waals surface area contributed by atoms with E-state index < -0.39 is 34.6 Å². The lowest BCUT2D eigenvalue weighted by molar-refractivity contribution is -0.485.